The summed E-state index contributed by atoms with van der Waals surface area (Å²) in [6.07, 6.45) is 2.05. The molecule has 2 nitrogen and oxygen atoms in total. The lowest BCUT2D eigenvalue weighted by Gasteiger charge is -2.18. The van der Waals surface area contributed by atoms with Crippen molar-refractivity contribution in [2.75, 3.05) is 11.9 Å². The Kier molecular flexibility index (Phi) is 4.43. The van der Waals surface area contributed by atoms with Gasteiger partial charge in [-0.2, -0.15) is 0 Å². The Balaban J connectivity index is 2.30. The number of halogens is 1. The van der Waals surface area contributed by atoms with E-state index in [2.05, 4.69) is 5.32 Å². The van der Waals surface area contributed by atoms with Gasteiger partial charge in [-0.15, -0.1) is 0 Å². The van der Waals surface area contributed by atoms with E-state index in [4.69, 9.17) is 17.3 Å². The molecule has 3 heteroatoms. The van der Waals surface area contributed by atoms with Gasteiger partial charge in [0, 0.05) is 12.1 Å². The van der Waals surface area contributed by atoms with E-state index in [1.54, 1.807) is 0 Å². The Morgan fingerprint density at radius 1 is 1.33 bits per heavy atom. The van der Waals surface area contributed by atoms with Crippen LogP contribution >= 0.6 is 11.6 Å². The molecule has 0 aliphatic rings. The molecule has 0 spiro atoms. The molecule has 3 N–H and O–H groups in total. The average molecular weight is 227 g/mol. The first-order valence-electron chi connectivity index (χ1n) is 5.26. The van der Waals surface area contributed by atoms with E-state index in [1.165, 1.54) is 0 Å². The Labute approximate surface area is 96.8 Å². The monoisotopic (exact) mass is 226 g/mol. The second-order valence-corrected chi connectivity index (χ2v) is 4.91. The van der Waals surface area contributed by atoms with Crippen LogP contribution in [0.5, 0.6) is 0 Å². The van der Waals surface area contributed by atoms with Gasteiger partial charge in [-0.3, -0.25) is 0 Å². The molecule has 0 heterocycles. The van der Waals surface area contributed by atoms with Crippen molar-refractivity contribution < 1.29 is 0 Å². The van der Waals surface area contributed by atoms with E-state index >= 15 is 0 Å². The summed E-state index contributed by atoms with van der Waals surface area (Å²) < 4.78 is 0. The number of nitrogens with one attached hydrogen (secondary N) is 1. The molecule has 0 bridgehead atoms. The maximum atomic E-state index is 6.01. The zero-order valence-electron chi connectivity index (χ0n) is 9.39. The van der Waals surface area contributed by atoms with E-state index in [1.807, 2.05) is 38.1 Å². The van der Waals surface area contributed by atoms with Gasteiger partial charge in [-0.1, -0.05) is 23.7 Å². The van der Waals surface area contributed by atoms with Gasteiger partial charge in [0.25, 0.3) is 0 Å². The van der Waals surface area contributed by atoms with Gasteiger partial charge in [0.1, 0.15) is 0 Å². The highest BCUT2D eigenvalue weighted by molar-refractivity contribution is 6.33. The normalized spacial score (nSPS) is 11.5. The standard InChI is InChI=1S/C12H19ClN2/c1-12(2,14)8-5-9-15-11-7-4-3-6-10(11)13/h3-4,6-7,15H,5,8-9,14H2,1-2H3. The van der Waals surface area contributed by atoms with E-state index < -0.39 is 0 Å². The van der Waals surface area contributed by atoms with Crippen molar-refractivity contribution in [1.29, 1.82) is 0 Å². The van der Waals surface area contributed by atoms with Crippen molar-refractivity contribution in [3.8, 4) is 0 Å². The fourth-order valence-corrected chi connectivity index (χ4v) is 1.57. The van der Waals surface area contributed by atoms with E-state index in [9.17, 15) is 0 Å². The summed E-state index contributed by atoms with van der Waals surface area (Å²) in [5.74, 6) is 0. The van der Waals surface area contributed by atoms with Crippen LogP contribution in [-0.2, 0) is 0 Å². The second-order valence-electron chi connectivity index (χ2n) is 4.50. The molecule has 1 aromatic carbocycles. The van der Waals surface area contributed by atoms with Crippen LogP contribution in [0.2, 0.25) is 5.02 Å². The molecule has 0 unspecified atom stereocenters. The van der Waals surface area contributed by atoms with Crippen LogP contribution in [0.25, 0.3) is 0 Å². The van der Waals surface area contributed by atoms with Crippen molar-refractivity contribution in [1.82, 2.24) is 0 Å². The minimum Gasteiger partial charge on any atom is -0.384 e. The van der Waals surface area contributed by atoms with Gasteiger partial charge in [-0.25, -0.2) is 0 Å². The maximum absolute atomic E-state index is 6.01. The summed E-state index contributed by atoms with van der Waals surface area (Å²) in [4.78, 5) is 0. The molecule has 0 saturated carbocycles. The number of hydrogen-bond donors (Lipinski definition) is 2. The minimum absolute atomic E-state index is 0.0812. The second kappa shape index (κ2) is 5.38. The minimum atomic E-state index is -0.0812. The Hall–Kier alpha value is -0.730. The summed E-state index contributed by atoms with van der Waals surface area (Å²) in [6, 6.07) is 7.77. The molecule has 0 radical (unpaired) electrons. The van der Waals surface area contributed by atoms with E-state index in [0.29, 0.717) is 0 Å². The molecule has 0 atom stereocenters. The van der Waals surface area contributed by atoms with Crippen molar-refractivity contribution in [2.24, 2.45) is 5.73 Å². The predicted molar refractivity (Wildman–Crippen MR) is 67.4 cm³/mol. The van der Waals surface area contributed by atoms with Crippen molar-refractivity contribution in [3.63, 3.8) is 0 Å². The van der Waals surface area contributed by atoms with Crippen LogP contribution in [0.1, 0.15) is 26.7 Å². The van der Waals surface area contributed by atoms with Crippen LogP contribution in [0.3, 0.4) is 0 Å². The molecule has 0 fully saturated rings. The van der Waals surface area contributed by atoms with Crippen LogP contribution < -0.4 is 11.1 Å². The number of nitrogens with two attached hydrogens (primary N) is 1. The fraction of sp³-hybridized carbons (Fsp3) is 0.500. The zero-order valence-corrected chi connectivity index (χ0v) is 10.1. The van der Waals surface area contributed by atoms with Crippen LogP contribution in [0.4, 0.5) is 5.69 Å². The molecule has 0 saturated heterocycles. The smallest absolute Gasteiger partial charge is 0.0637 e. The van der Waals surface area contributed by atoms with Crippen LogP contribution in [-0.4, -0.2) is 12.1 Å². The fourth-order valence-electron chi connectivity index (χ4n) is 1.37. The molecule has 84 valence electrons. The quantitative estimate of drug-likeness (QED) is 0.757. The Morgan fingerprint density at radius 3 is 2.60 bits per heavy atom. The first kappa shape index (κ1) is 12.3. The van der Waals surface area contributed by atoms with Gasteiger partial charge in [-0.05, 0) is 38.8 Å². The molecule has 1 rings (SSSR count). The van der Waals surface area contributed by atoms with Crippen LogP contribution in [0, 0.1) is 0 Å². The summed E-state index contributed by atoms with van der Waals surface area (Å²) in [6.45, 7) is 5.00. The molecular weight excluding hydrogens is 208 g/mol. The average Bonchev–Trinajstić information content (AvgIpc) is 2.13. The van der Waals surface area contributed by atoms with Crippen molar-refractivity contribution in [3.05, 3.63) is 29.3 Å². The topological polar surface area (TPSA) is 38.0 Å². The molecule has 0 aliphatic heterocycles. The predicted octanol–water partition coefficient (Wildman–Crippen LogP) is 3.27. The molecule has 0 aliphatic carbocycles. The summed E-state index contributed by atoms with van der Waals surface area (Å²) in [5.41, 5.74) is 6.80. The third-order valence-corrected chi connectivity index (χ3v) is 2.52. The van der Waals surface area contributed by atoms with Crippen molar-refractivity contribution in [2.45, 2.75) is 32.2 Å². The highest BCUT2D eigenvalue weighted by Gasteiger charge is 2.09. The summed E-state index contributed by atoms with van der Waals surface area (Å²) in [7, 11) is 0. The van der Waals surface area contributed by atoms with Crippen LogP contribution in [0.15, 0.2) is 24.3 Å². The first-order valence-corrected chi connectivity index (χ1v) is 5.64. The molecule has 0 amide bonds. The third kappa shape index (κ3) is 5.05. The highest BCUT2D eigenvalue weighted by Crippen LogP contribution is 2.20. The number of para-hydroxylation sites is 1. The lowest BCUT2D eigenvalue weighted by atomic mass is 10.0. The van der Waals surface area contributed by atoms with Gasteiger partial charge < -0.3 is 11.1 Å². The summed E-state index contributed by atoms with van der Waals surface area (Å²) in [5, 5.41) is 4.07. The largest absolute Gasteiger partial charge is 0.384 e. The van der Waals surface area contributed by atoms with Gasteiger partial charge >= 0.3 is 0 Å². The Bertz CT molecular complexity index is 305. The Morgan fingerprint density at radius 2 is 2.00 bits per heavy atom. The number of rotatable bonds is 5. The zero-order chi connectivity index (χ0) is 11.3. The third-order valence-electron chi connectivity index (χ3n) is 2.19. The first-order chi connectivity index (χ1) is 6.99. The SMILES string of the molecule is CC(C)(N)CCCNc1ccccc1Cl. The van der Waals surface area contributed by atoms with Gasteiger partial charge in [0.05, 0.1) is 10.7 Å². The van der Waals surface area contributed by atoms with Crippen molar-refractivity contribution >= 4 is 17.3 Å². The lowest BCUT2D eigenvalue weighted by Crippen LogP contribution is -2.32. The number of anilines is 1. The van der Waals surface area contributed by atoms with E-state index in [0.717, 1.165) is 30.1 Å². The molecule has 1 aromatic rings. The maximum Gasteiger partial charge on any atom is 0.0637 e. The molecule has 15 heavy (non-hydrogen) atoms. The summed E-state index contributed by atoms with van der Waals surface area (Å²) >= 11 is 6.01. The highest BCUT2D eigenvalue weighted by atomic mass is 35.5. The molecule has 0 aromatic heterocycles. The number of benzene rings is 1. The van der Waals surface area contributed by atoms with Gasteiger partial charge in [0.2, 0.25) is 0 Å². The lowest BCUT2D eigenvalue weighted by molar-refractivity contribution is 0.465. The number of hydrogen-bond acceptors (Lipinski definition) is 2. The van der Waals surface area contributed by atoms with Gasteiger partial charge in [0.15, 0.2) is 0 Å². The van der Waals surface area contributed by atoms with E-state index in [-0.39, 0.29) is 5.54 Å². The molecular formula is C12H19ClN2.